The van der Waals surface area contributed by atoms with E-state index in [1.165, 1.54) is 51.4 Å². The lowest BCUT2D eigenvalue weighted by molar-refractivity contribution is 0.0735. The minimum Gasteiger partial charge on any atom is -0.474 e. The molecule has 1 heterocycles. The first kappa shape index (κ1) is 13.3. The molecule has 3 rings (SSSR count). The van der Waals surface area contributed by atoms with E-state index in [1.807, 2.05) is 0 Å². The van der Waals surface area contributed by atoms with Crippen LogP contribution in [0.25, 0.3) is 0 Å². The molecule has 1 aliphatic heterocycles. The number of rotatable bonds is 3. The first-order chi connectivity index (χ1) is 9.29. The number of hydrogen-bond acceptors (Lipinski definition) is 2. The van der Waals surface area contributed by atoms with E-state index in [1.54, 1.807) is 0 Å². The Morgan fingerprint density at radius 3 is 2.63 bits per heavy atom. The Morgan fingerprint density at radius 2 is 1.89 bits per heavy atom. The van der Waals surface area contributed by atoms with Gasteiger partial charge in [-0.3, -0.25) is 0 Å². The number of hydrogen-bond donors (Lipinski definition) is 0. The predicted molar refractivity (Wildman–Crippen MR) is 78.4 cm³/mol. The molecule has 0 aromatic rings. The minimum absolute atomic E-state index is 0.416. The molecule has 0 N–H and O–H groups in total. The van der Waals surface area contributed by atoms with Gasteiger partial charge in [0.15, 0.2) is 5.88 Å². The Balaban J connectivity index is 1.64. The van der Waals surface area contributed by atoms with Crippen molar-refractivity contribution < 1.29 is 4.74 Å². The van der Waals surface area contributed by atoms with Gasteiger partial charge in [-0.1, -0.05) is 32.1 Å². The predicted octanol–water partition coefficient (Wildman–Crippen LogP) is 4.13. The van der Waals surface area contributed by atoms with Gasteiger partial charge in [0.25, 0.3) is 0 Å². The molecule has 2 nitrogen and oxygen atoms in total. The molecule has 2 heteroatoms. The standard InChI is InChI=1S/C17H28NO/c1-3-11-18-13(2)19-17-10-9-15(12-16(17)18)14-7-5-4-6-8-14/h14-17H,1-12H2/q-1. The largest absolute Gasteiger partial charge is 0.474 e. The fourth-order valence-corrected chi connectivity index (χ4v) is 4.54. The van der Waals surface area contributed by atoms with E-state index >= 15 is 0 Å². The molecule has 108 valence electrons. The maximum atomic E-state index is 5.97. The molecule has 0 aromatic heterocycles. The van der Waals surface area contributed by atoms with Crippen molar-refractivity contribution >= 4 is 0 Å². The van der Waals surface area contributed by atoms with Crippen molar-refractivity contribution in [1.29, 1.82) is 0 Å². The van der Waals surface area contributed by atoms with Gasteiger partial charge >= 0.3 is 0 Å². The summed E-state index contributed by atoms with van der Waals surface area (Å²) in [6, 6.07) is 0.593. The normalized spacial score (nSPS) is 36.2. The van der Waals surface area contributed by atoms with E-state index in [-0.39, 0.29) is 0 Å². The third-order valence-electron chi connectivity index (χ3n) is 5.52. The zero-order valence-corrected chi connectivity index (χ0v) is 12.2. The molecule has 2 aliphatic carbocycles. The van der Waals surface area contributed by atoms with E-state index in [4.69, 9.17) is 4.74 Å². The minimum atomic E-state index is 0.416. The van der Waals surface area contributed by atoms with Gasteiger partial charge in [0.2, 0.25) is 0 Å². The van der Waals surface area contributed by atoms with Crippen molar-refractivity contribution in [3.8, 4) is 0 Å². The molecule has 0 bridgehead atoms. The average molecular weight is 262 g/mol. The topological polar surface area (TPSA) is 12.5 Å². The third kappa shape index (κ3) is 2.64. The van der Waals surface area contributed by atoms with E-state index in [0.717, 1.165) is 30.7 Å². The van der Waals surface area contributed by atoms with Crippen LogP contribution in [0.3, 0.4) is 0 Å². The van der Waals surface area contributed by atoms with Crippen molar-refractivity contribution in [2.75, 3.05) is 6.54 Å². The molecule has 3 aliphatic rings. The average Bonchev–Trinajstić information content (AvgIpc) is 2.76. The van der Waals surface area contributed by atoms with Gasteiger partial charge in [-0.25, -0.2) is 0 Å². The summed E-state index contributed by atoms with van der Waals surface area (Å²) in [5, 5.41) is 0. The highest BCUT2D eigenvalue weighted by atomic mass is 16.5. The molecule has 2 saturated carbocycles. The number of nitrogens with zero attached hydrogens (tertiary/aromatic N) is 1. The molecule has 1 saturated heterocycles. The van der Waals surface area contributed by atoms with Crippen molar-refractivity contribution in [3.63, 3.8) is 0 Å². The lowest BCUT2D eigenvalue weighted by atomic mass is 9.71. The summed E-state index contributed by atoms with van der Waals surface area (Å²) >= 11 is 0. The maximum Gasteiger partial charge on any atom is 0.182 e. The lowest BCUT2D eigenvalue weighted by Gasteiger charge is -2.39. The summed E-state index contributed by atoms with van der Waals surface area (Å²) in [7, 11) is 0. The summed E-state index contributed by atoms with van der Waals surface area (Å²) in [4.78, 5) is 2.40. The summed E-state index contributed by atoms with van der Waals surface area (Å²) in [5.41, 5.74) is 0. The van der Waals surface area contributed by atoms with E-state index < -0.39 is 0 Å². The molecule has 0 amide bonds. The fourth-order valence-electron chi connectivity index (χ4n) is 4.54. The fraction of sp³-hybridized carbons (Fsp3) is 0.824. The van der Waals surface area contributed by atoms with Gasteiger partial charge in [-0.05, 0) is 44.2 Å². The molecule has 0 spiro atoms. The van der Waals surface area contributed by atoms with Crippen LogP contribution >= 0.6 is 0 Å². The highest BCUT2D eigenvalue weighted by molar-refractivity contribution is 5.03. The van der Waals surface area contributed by atoms with Gasteiger partial charge in [0, 0.05) is 0 Å². The van der Waals surface area contributed by atoms with Crippen LogP contribution in [0.1, 0.15) is 57.8 Å². The Labute approximate surface area is 118 Å². The first-order valence-corrected chi connectivity index (χ1v) is 8.21. The first-order valence-electron chi connectivity index (χ1n) is 8.21. The molecule has 3 unspecified atom stereocenters. The second-order valence-electron chi connectivity index (χ2n) is 6.64. The van der Waals surface area contributed by atoms with E-state index in [0.29, 0.717) is 12.1 Å². The number of fused-ring (bicyclic) bond motifs is 1. The van der Waals surface area contributed by atoms with Crippen LogP contribution < -0.4 is 0 Å². The van der Waals surface area contributed by atoms with Crippen LogP contribution in [-0.4, -0.2) is 23.6 Å². The molecule has 19 heavy (non-hydrogen) atoms. The lowest BCUT2D eigenvalue weighted by Crippen LogP contribution is -2.41. The van der Waals surface area contributed by atoms with Crippen LogP contribution in [0.15, 0.2) is 12.5 Å². The van der Waals surface area contributed by atoms with Gasteiger partial charge in [0.05, 0.1) is 6.04 Å². The van der Waals surface area contributed by atoms with Crippen molar-refractivity contribution in [1.82, 2.24) is 4.90 Å². The Kier molecular flexibility index (Phi) is 4.04. The highest BCUT2D eigenvalue weighted by Crippen LogP contribution is 2.43. The summed E-state index contributed by atoms with van der Waals surface area (Å²) in [6.45, 7) is 9.09. The summed E-state index contributed by atoms with van der Waals surface area (Å²) in [6.07, 6.45) is 12.6. The maximum absolute atomic E-state index is 5.97. The summed E-state index contributed by atoms with van der Waals surface area (Å²) in [5.74, 6) is 2.83. The second-order valence-corrected chi connectivity index (χ2v) is 6.64. The zero-order chi connectivity index (χ0) is 13.2. The van der Waals surface area contributed by atoms with Gasteiger partial charge in [0.1, 0.15) is 6.10 Å². The molecular formula is C17H28NO-. The third-order valence-corrected chi connectivity index (χ3v) is 5.52. The Bertz CT molecular complexity index is 321. The van der Waals surface area contributed by atoms with Crippen LogP contribution in [0, 0.1) is 18.8 Å². The van der Waals surface area contributed by atoms with E-state index in [2.05, 4.69) is 18.4 Å². The SMILES string of the molecule is C=C1OC2CCC(C3CCCCC3)CC2N1CC[CH2-]. The van der Waals surface area contributed by atoms with Gasteiger partial charge in [-0.2, -0.15) is 6.42 Å². The zero-order valence-electron chi connectivity index (χ0n) is 12.2. The smallest absolute Gasteiger partial charge is 0.182 e. The molecule has 3 fully saturated rings. The van der Waals surface area contributed by atoms with Crippen molar-refractivity contribution in [2.24, 2.45) is 11.8 Å². The molecule has 0 radical (unpaired) electrons. The molecule has 3 atom stereocenters. The summed E-state index contributed by atoms with van der Waals surface area (Å²) < 4.78 is 5.97. The van der Waals surface area contributed by atoms with E-state index in [9.17, 15) is 0 Å². The van der Waals surface area contributed by atoms with Crippen molar-refractivity contribution in [3.05, 3.63) is 19.4 Å². The van der Waals surface area contributed by atoms with Crippen molar-refractivity contribution in [2.45, 2.75) is 69.9 Å². The van der Waals surface area contributed by atoms with Gasteiger partial charge < -0.3 is 16.6 Å². The quantitative estimate of drug-likeness (QED) is 0.709. The molecule has 0 aromatic carbocycles. The van der Waals surface area contributed by atoms with Crippen LogP contribution in [0.2, 0.25) is 0 Å². The Morgan fingerprint density at radius 1 is 1.11 bits per heavy atom. The van der Waals surface area contributed by atoms with Gasteiger partial charge in [-0.15, -0.1) is 0 Å². The molecular weight excluding hydrogens is 234 g/mol. The van der Waals surface area contributed by atoms with Crippen LogP contribution in [-0.2, 0) is 4.74 Å². The second kappa shape index (κ2) is 5.76. The monoisotopic (exact) mass is 262 g/mol. The number of ether oxygens (including phenoxy) is 1. The van der Waals surface area contributed by atoms with Crippen LogP contribution in [0.4, 0.5) is 0 Å². The van der Waals surface area contributed by atoms with Crippen LogP contribution in [0.5, 0.6) is 0 Å². The Hall–Kier alpha value is -0.660. The highest BCUT2D eigenvalue weighted by Gasteiger charge is 2.43.